The summed E-state index contributed by atoms with van der Waals surface area (Å²) in [5.41, 5.74) is 6.88. The van der Waals surface area contributed by atoms with Crippen molar-refractivity contribution in [1.82, 2.24) is 10.4 Å². The maximum atomic E-state index is 12.7. The lowest BCUT2D eigenvalue weighted by molar-refractivity contribution is -0.118. The van der Waals surface area contributed by atoms with Gasteiger partial charge in [0.25, 0.3) is 11.8 Å². The molecule has 0 saturated heterocycles. The van der Waals surface area contributed by atoms with Crippen LogP contribution >= 0.6 is 38.9 Å². The van der Waals surface area contributed by atoms with Crippen LogP contribution in [0.4, 0.5) is 16.5 Å². The summed E-state index contributed by atoms with van der Waals surface area (Å²) < 4.78 is 12.1. The zero-order chi connectivity index (χ0) is 31.6. The van der Waals surface area contributed by atoms with Crippen LogP contribution in [-0.4, -0.2) is 36.2 Å². The average molecular weight is 705 g/mol. The fourth-order valence-electron chi connectivity index (χ4n) is 4.06. The smallest absolute Gasteiger partial charge is 0.271 e. The molecule has 1 heterocycles. The van der Waals surface area contributed by atoms with Crippen LogP contribution in [0.15, 0.2) is 106 Å². The molecule has 0 saturated carbocycles. The van der Waals surface area contributed by atoms with Gasteiger partial charge in [-0.3, -0.25) is 9.59 Å². The van der Waals surface area contributed by atoms with Crippen LogP contribution < -0.4 is 25.5 Å². The predicted molar refractivity (Wildman–Crippen MR) is 183 cm³/mol. The third-order valence-corrected chi connectivity index (χ3v) is 7.76. The second-order valence-corrected chi connectivity index (χ2v) is 11.6. The molecule has 45 heavy (non-hydrogen) atoms. The zero-order valence-corrected chi connectivity index (χ0v) is 27.1. The lowest BCUT2D eigenvalue weighted by atomic mass is 10.1. The number of thiazole rings is 1. The molecule has 0 aliphatic carbocycles. The molecular weight excluding hydrogens is 678 g/mol. The van der Waals surface area contributed by atoms with Crippen LogP contribution in [0.2, 0.25) is 5.02 Å². The third-order valence-electron chi connectivity index (χ3n) is 6.16. The second-order valence-electron chi connectivity index (χ2n) is 9.41. The highest BCUT2D eigenvalue weighted by Gasteiger charge is 2.14. The van der Waals surface area contributed by atoms with Crippen molar-refractivity contribution in [1.29, 1.82) is 0 Å². The molecule has 12 heteroatoms. The van der Waals surface area contributed by atoms with Crippen molar-refractivity contribution in [3.05, 3.63) is 117 Å². The van der Waals surface area contributed by atoms with Gasteiger partial charge in [-0.25, -0.2) is 10.4 Å². The van der Waals surface area contributed by atoms with E-state index in [0.29, 0.717) is 44.4 Å². The zero-order valence-electron chi connectivity index (χ0n) is 23.9. The van der Waals surface area contributed by atoms with E-state index in [2.05, 4.69) is 42.1 Å². The molecule has 0 unspecified atom stereocenters. The van der Waals surface area contributed by atoms with E-state index in [4.69, 9.17) is 21.1 Å². The van der Waals surface area contributed by atoms with Crippen molar-refractivity contribution in [2.45, 2.75) is 6.92 Å². The first-order chi connectivity index (χ1) is 21.9. The third kappa shape index (κ3) is 8.91. The summed E-state index contributed by atoms with van der Waals surface area (Å²) >= 11 is 10.9. The van der Waals surface area contributed by atoms with Crippen LogP contribution in [0.25, 0.3) is 11.3 Å². The SMILES string of the molecule is CCOc1cc(/C=N\NC(=O)c2ccc(-c3csc(Nc4ccc(Cl)cc4)n3)cc2)cc(Br)c1OCC(=O)Nc1ccccc1. The van der Waals surface area contributed by atoms with Gasteiger partial charge in [-0.2, -0.15) is 5.10 Å². The van der Waals surface area contributed by atoms with Gasteiger partial charge in [-0.1, -0.05) is 41.9 Å². The Bertz CT molecular complexity index is 1800. The Hall–Kier alpha value is -4.71. The van der Waals surface area contributed by atoms with E-state index in [0.717, 1.165) is 22.1 Å². The van der Waals surface area contributed by atoms with Crippen molar-refractivity contribution >= 4 is 73.4 Å². The first kappa shape index (κ1) is 31.7. The first-order valence-electron chi connectivity index (χ1n) is 13.7. The maximum Gasteiger partial charge on any atom is 0.271 e. The summed E-state index contributed by atoms with van der Waals surface area (Å²) in [5.74, 6) is 0.139. The highest BCUT2D eigenvalue weighted by molar-refractivity contribution is 9.10. The van der Waals surface area contributed by atoms with E-state index in [1.807, 2.05) is 66.9 Å². The number of hydrogen-bond donors (Lipinski definition) is 3. The molecule has 3 N–H and O–H groups in total. The lowest BCUT2D eigenvalue weighted by Crippen LogP contribution is -2.20. The van der Waals surface area contributed by atoms with Crippen LogP contribution in [0.3, 0.4) is 0 Å². The molecule has 228 valence electrons. The number of carbonyl (C=O) groups is 2. The molecule has 0 spiro atoms. The number of hydrogen-bond acceptors (Lipinski definition) is 8. The molecule has 0 aliphatic heterocycles. The molecule has 0 radical (unpaired) electrons. The number of para-hydroxylation sites is 1. The minimum absolute atomic E-state index is 0.209. The van der Waals surface area contributed by atoms with Crippen molar-refractivity contribution in [3.63, 3.8) is 0 Å². The summed E-state index contributed by atoms with van der Waals surface area (Å²) in [6.07, 6.45) is 1.50. The van der Waals surface area contributed by atoms with E-state index in [-0.39, 0.29) is 18.4 Å². The van der Waals surface area contributed by atoms with E-state index in [1.54, 1.807) is 36.4 Å². The molecule has 9 nitrogen and oxygen atoms in total. The lowest BCUT2D eigenvalue weighted by Gasteiger charge is -2.14. The van der Waals surface area contributed by atoms with Crippen LogP contribution in [0.1, 0.15) is 22.8 Å². The highest BCUT2D eigenvalue weighted by Crippen LogP contribution is 2.36. The number of anilines is 3. The summed E-state index contributed by atoms with van der Waals surface area (Å²) in [7, 11) is 0. The van der Waals surface area contributed by atoms with Gasteiger partial charge >= 0.3 is 0 Å². The number of ether oxygens (including phenoxy) is 2. The van der Waals surface area contributed by atoms with Crippen LogP contribution in [0, 0.1) is 0 Å². The number of aromatic nitrogens is 1. The van der Waals surface area contributed by atoms with Gasteiger partial charge < -0.3 is 20.1 Å². The fourth-order valence-corrected chi connectivity index (χ4v) is 5.50. The molecule has 4 aromatic carbocycles. The second kappa shape index (κ2) is 15.3. The largest absolute Gasteiger partial charge is 0.490 e. The Morgan fingerprint density at radius 3 is 2.47 bits per heavy atom. The van der Waals surface area contributed by atoms with Gasteiger partial charge in [0, 0.05) is 32.9 Å². The number of nitrogens with one attached hydrogen (secondary N) is 3. The van der Waals surface area contributed by atoms with Gasteiger partial charge in [0.1, 0.15) is 0 Å². The maximum absolute atomic E-state index is 12.7. The number of hydrazone groups is 1. The summed E-state index contributed by atoms with van der Waals surface area (Å²) in [6.45, 7) is 2.02. The van der Waals surface area contributed by atoms with E-state index >= 15 is 0 Å². The Labute approximate surface area is 277 Å². The molecule has 0 bridgehead atoms. The number of nitrogens with zero attached hydrogens (tertiary/aromatic N) is 2. The Morgan fingerprint density at radius 1 is 0.978 bits per heavy atom. The Balaban J connectivity index is 1.17. The van der Waals surface area contributed by atoms with E-state index in [9.17, 15) is 9.59 Å². The number of carbonyl (C=O) groups excluding carboxylic acids is 2. The van der Waals surface area contributed by atoms with Gasteiger partial charge in [-0.15, -0.1) is 11.3 Å². The summed E-state index contributed by atoms with van der Waals surface area (Å²) in [6, 6.07) is 27.1. The average Bonchev–Trinajstić information content (AvgIpc) is 3.51. The van der Waals surface area contributed by atoms with E-state index < -0.39 is 0 Å². The number of amides is 2. The first-order valence-corrected chi connectivity index (χ1v) is 15.8. The van der Waals surface area contributed by atoms with Gasteiger partial charge in [0.15, 0.2) is 23.2 Å². The molecular formula is C33H27BrClN5O4S. The Morgan fingerprint density at radius 2 is 1.73 bits per heavy atom. The Kier molecular flexibility index (Phi) is 10.8. The van der Waals surface area contributed by atoms with Crippen LogP contribution in [0.5, 0.6) is 11.5 Å². The minimum Gasteiger partial charge on any atom is -0.490 e. The minimum atomic E-state index is -0.366. The molecule has 0 atom stereocenters. The van der Waals surface area contributed by atoms with E-state index in [1.165, 1.54) is 17.6 Å². The summed E-state index contributed by atoms with van der Waals surface area (Å²) in [4.78, 5) is 29.7. The molecule has 1 aromatic heterocycles. The molecule has 0 aliphatic rings. The quantitative estimate of drug-likeness (QED) is 0.0893. The number of halogens is 2. The van der Waals surface area contributed by atoms with Gasteiger partial charge in [-0.05, 0) is 89.1 Å². The predicted octanol–water partition coefficient (Wildman–Crippen LogP) is 8.15. The normalized spacial score (nSPS) is 10.8. The molecule has 5 rings (SSSR count). The highest BCUT2D eigenvalue weighted by atomic mass is 79.9. The van der Waals surface area contributed by atoms with Crippen molar-refractivity contribution < 1.29 is 19.1 Å². The van der Waals surface area contributed by atoms with Gasteiger partial charge in [0.05, 0.1) is 23.0 Å². The molecule has 2 amide bonds. The van der Waals surface area contributed by atoms with Gasteiger partial charge in [0.2, 0.25) is 0 Å². The molecule has 5 aromatic rings. The topological polar surface area (TPSA) is 114 Å². The standard InChI is InChI=1S/C33H27BrClN5O4S/c1-2-43-29-17-21(16-27(34)31(29)44-19-30(41)37-25-6-4-3-5-7-25)18-36-40-32(42)23-10-8-22(9-11-23)28-20-45-33(39-28)38-26-14-12-24(35)13-15-26/h3-18,20H,2,19H2,1H3,(H,37,41)(H,38,39)(H,40,42)/b36-18-. The number of rotatable bonds is 12. The van der Waals surface area contributed by atoms with Crippen molar-refractivity contribution in [2.24, 2.45) is 5.10 Å². The monoisotopic (exact) mass is 703 g/mol. The van der Waals surface area contributed by atoms with Crippen molar-refractivity contribution in [2.75, 3.05) is 23.8 Å². The molecule has 0 fully saturated rings. The fraction of sp³-hybridized carbons (Fsp3) is 0.0909. The van der Waals surface area contributed by atoms with Crippen LogP contribution in [-0.2, 0) is 4.79 Å². The van der Waals surface area contributed by atoms with Crippen molar-refractivity contribution in [3.8, 4) is 22.8 Å². The number of benzene rings is 4. The summed E-state index contributed by atoms with van der Waals surface area (Å²) in [5, 5.41) is 13.5.